The monoisotopic (exact) mass is 215 g/mol. The van der Waals surface area contributed by atoms with Crippen molar-refractivity contribution >= 4 is 21.6 Å². The van der Waals surface area contributed by atoms with E-state index in [1.165, 1.54) is 0 Å². The van der Waals surface area contributed by atoms with Crippen LogP contribution in [0.2, 0.25) is 0 Å². The molecular formula is C9H7F2NOS. The molecule has 1 aromatic heterocycles. The van der Waals surface area contributed by atoms with E-state index in [1.807, 2.05) is 0 Å². The van der Waals surface area contributed by atoms with E-state index in [0.29, 0.717) is 5.52 Å². The van der Waals surface area contributed by atoms with Gasteiger partial charge in [-0.25, -0.2) is 8.78 Å². The minimum absolute atomic E-state index is 0.327. The highest BCUT2D eigenvalue weighted by molar-refractivity contribution is 7.16. The van der Waals surface area contributed by atoms with Gasteiger partial charge in [0.2, 0.25) is 0 Å². The molecule has 1 aromatic carbocycles. The molecule has 2 nitrogen and oxygen atoms in total. The molecule has 2 rings (SSSR count). The molecule has 0 saturated heterocycles. The standard InChI is InChI=1S/C9H7F2NOS/c10-8(11)5-12-6-3-1-2-4-7(6)14-9(12)13/h1-4,8H,5H2. The Kier molecular flexibility index (Phi) is 2.33. The summed E-state index contributed by atoms with van der Waals surface area (Å²) in [5.41, 5.74) is 0.586. The fourth-order valence-electron chi connectivity index (χ4n) is 1.32. The van der Waals surface area contributed by atoms with E-state index < -0.39 is 13.0 Å². The maximum absolute atomic E-state index is 12.2. The van der Waals surface area contributed by atoms with Gasteiger partial charge in [0.25, 0.3) is 6.43 Å². The van der Waals surface area contributed by atoms with Gasteiger partial charge in [-0.3, -0.25) is 9.36 Å². The summed E-state index contributed by atoms with van der Waals surface area (Å²) in [6.45, 7) is -0.525. The third kappa shape index (κ3) is 1.55. The van der Waals surface area contributed by atoms with Gasteiger partial charge >= 0.3 is 4.87 Å². The van der Waals surface area contributed by atoms with Crippen LogP contribution in [0, 0.1) is 0 Å². The van der Waals surface area contributed by atoms with Crippen LogP contribution in [0.25, 0.3) is 10.2 Å². The summed E-state index contributed by atoms with van der Waals surface area (Å²) >= 11 is 0.995. The van der Waals surface area contributed by atoms with E-state index >= 15 is 0 Å². The number of hydrogen-bond acceptors (Lipinski definition) is 2. The molecule has 0 bridgehead atoms. The number of nitrogens with zero attached hydrogens (tertiary/aromatic N) is 1. The van der Waals surface area contributed by atoms with Crippen molar-refractivity contribution < 1.29 is 8.78 Å². The second-order valence-electron chi connectivity index (χ2n) is 2.84. The molecule has 0 spiro atoms. The lowest BCUT2D eigenvalue weighted by Gasteiger charge is -2.01. The minimum Gasteiger partial charge on any atom is -0.293 e. The first-order valence-corrected chi connectivity index (χ1v) is 4.86. The molecule has 0 aliphatic heterocycles. The molecule has 0 atom stereocenters. The largest absolute Gasteiger partial charge is 0.308 e. The smallest absolute Gasteiger partial charge is 0.293 e. The summed E-state index contributed by atoms with van der Waals surface area (Å²) in [7, 11) is 0. The van der Waals surface area contributed by atoms with E-state index in [9.17, 15) is 13.6 Å². The average molecular weight is 215 g/mol. The van der Waals surface area contributed by atoms with Crippen molar-refractivity contribution in [1.29, 1.82) is 0 Å². The Balaban J connectivity index is 2.62. The molecule has 0 saturated carbocycles. The molecule has 0 aliphatic carbocycles. The summed E-state index contributed by atoms with van der Waals surface area (Å²) in [6.07, 6.45) is -2.49. The summed E-state index contributed by atoms with van der Waals surface area (Å²) in [5.74, 6) is 0. The van der Waals surface area contributed by atoms with Gasteiger partial charge in [0.1, 0.15) is 0 Å². The Morgan fingerprint density at radius 3 is 2.79 bits per heavy atom. The van der Waals surface area contributed by atoms with Crippen molar-refractivity contribution in [1.82, 2.24) is 4.57 Å². The molecule has 2 aromatic rings. The maximum Gasteiger partial charge on any atom is 0.308 e. The van der Waals surface area contributed by atoms with E-state index in [4.69, 9.17) is 0 Å². The number of thiazole rings is 1. The Bertz CT molecular complexity index is 503. The highest BCUT2D eigenvalue weighted by Crippen LogP contribution is 2.17. The molecule has 0 radical (unpaired) electrons. The number of para-hydroxylation sites is 1. The first kappa shape index (κ1) is 9.33. The van der Waals surface area contributed by atoms with Crippen LogP contribution in [0.1, 0.15) is 0 Å². The molecule has 0 amide bonds. The van der Waals surface area contributed by atoms with Gasteiger partial charge < -0.3 is 0 Å². The highest BCUT2D eigenvalue weighted by atomic mass is 32.1. The number of fused-ring (bicyclic) bond motifs is 1. The second-order valence-corrected chi connectivity index (χ2v) is 3.83. The van der Waals surface area contributed by atoms with E-state index in [-0.39, 0.29) is 4.87 Å². The number of benzene rings is 1. The van der Waals surface area contributed by atoms with Crippen molar-refractivity contribution in [3.63, 3.8) is 0 Å². The van der Waals surface area contributed by atoms with Crippen LogP contribution >= 0.6 is 11.3 Å². The van der Waals surface area contributed by atoms with Gasteiger partial charge in [0.05, 0.1) is 16.8 Å². The SMILES string of the molecule is O=c1sc2ccccc2n1CC(F)F. The molecule has 0 aliphatic rings. The molecule has 1 heterocycles. The molecule has 14 heavy (non-hydrogen) atoms. The van der Waals surface area contributed by atoms with Crippen molar-refractivity contribution in [2.24, 2.45) is 0 Å². The Morgan fingerprint density at radius 1 is 1.36 bits per heavy atom. The molecule has 0 unspecified atom stereocenters. The zero-order valence-electron chi connectivity index (χ0n) is 7.11. The van der Waals surface area contributed by atoms with Gasteiger partial charge in [0, 0.05) is 0 Å². The van der Waals surface area contributed by atoms with E-state index in [1.54, 1.807) is 24.3 Å². The summed E-state index contributed by atoms with van der Waals surface area (Å²) in [6, 6.07) is 6.94. The van der Waals surface area contributed by atoms with Gasteiger partial charge in [0.15, 0.2) is 0 Å². The maximum atomic E-state index is 12.2. The zero-order chi connectivity index (χ0) is 10.1. The van der Waals surface area contributed by atoms with Gasteiger partial charge in [-0.2, -0.15) is 0 Å². The average Bonchev–Trinajstić information content (AvgIpc) is 2.43. The van der Waals surface area contributed by atoms with Crippen LogP contribution < -0.4 is 4.87 Å². The third-order valence-corrected chi connectivity index (χ3v) is 2.85. The second kappa shape index (κ2) is 3.49. The predicted molar refractivity (Wildman–Crippen MR) is 52.1 cm³/mol. The fraction of sp³-hybridized carbons (Fsp3) is 0.222. The van der Waals surface area contributed by atoms with Crippen molar-refractivity contribution in [3.05, 3.63) is 33.9 Å². The number of aromatic nitrogens is 1. The number of alkyl halides is 2. The van der Waals surface area contributed by atoms with Crippen LogP contribution in [0.5, 0.6) is 0 Å². The van der Waals surface area contributed by atoms with Crippen LogP contribution in [-0.4, -0.2) is 11.0 Å². The molecule has 0 N–H and O–H groups in total. The van der Waals surface area contributed by atoms with Gasteiger partial charge in [-0.05, 0) is 12.1 Å². The third-order valence-electron chi connectivity index (χ3n) is 1.89. The number of rotatable bonds is 2. The summed E-state index contributed by atoms with van der Waals surface area (Å²) in [5, 5.41) is 0. The molecule has 5 heteroatoms. The molecule has 74 valence electrons. The minimum atomic E-state index is -2.49. The highest BCUT2D eigenvalue weighted by Gasteiger charge is 2.11. The Labute approximate surface area is 82.4 Å². The lowest BCUT2D eigenvalue weighted by Crippen LogP contribution is -2.17. The number of halogens is 2. The fourth-order valence-corrected chi connectivity index (χ4v) is 2.23. The predicted octanol–water partition coefficient (Wildman–Crippen LogP) is 2.33. The van der Waals surface area contributed by atoms with Crippen molar-refractivity contribution in [2.75, 3.05) is 0 Å². The van der Waals surface area contributed by atoms with Crippen molar-refractivity contribution in [2.45, 2.75) is 13.0 Å². The van der Waals surface area contributed by atoms with Crippen LogP contribution in [0.15, 0.2) is 29.1 Å². The van der Waals surface area contributed by atoms with E-state index in [2.05, 4.69) is 0 Å². The first-order valence-electron chi connectivity index (χ1n) is 4.05. The normalized spacial score (nSPS) is 11.4. The van der Waals surface area contributed by atoms with Gasteiger partial charge in [-0.15, -0.1) is 0 Å². The lowest BCUT2D eigenvalue weighted by molar-refractivity contribution is 0.127. The summed E-state index contributed by atoms with van der Waals surface area (Å²) in [4.78, 5) is 11.0. The molecular weight excluding hydrogens is 208 g/mol. The molecule has 0 fully saturated rings. The zero-order valence-corrected chi connectivity index (χ0v) is 7.93. The van der Waals surface area contributed by atoms with Crippen LogP contribution in [0.4, 0.5) is 8.78 Å². The number of hydrogen-bond donors (Lipinski definition) is 0. The quantitative estimate of drug-likeness (QED) is 0.753. The summed E-state index contributed by atoms with van der Waals surface area (Å²) < 4.78 is 26.2. The van der Waals surface area contributed by atoms with Crippen LogP contribution in [-0.2, 0) is 6.54 Å². The topological polar surface area (TPSA) is 22.0 Å². The van der Waals surface area contributed by atoms with Crippen molar-refractivity contribution in [3.8, 4) is 0 Å². The van der Waals surface area contributed by atoms with E-state index in [0.717, 1.165) is 20.6 Å². The first-order chi connectivity index (χ1) is 6.68. The van der Waals surface area contributed by atoms with Gasteiger partial charge in [-0.1, -0.05) is 23.5 Å². The lowest BCUT2D eigenvalue weighted by atomic mass is 10.3. The van der Waals surface area contributed by atoms with Crippen LogP contribution in [0.3, 0.4) is 0 Å². The Morgan fingerprint density at radius 2 is 2.07 bits per heavy atom. The Hall–Kier alpha value is -1.23.